The van der Waals surface area contributed by atoms with Crippen molar-refractivity contribution in [2.45, 2.75) is 76.9 Å². The van der Waals surface area contributed by atoms with Gasteiger partial charge in [0.1, 0.15) is 12.0 Å². The van der Waals surface area contributed by atoms with E-state index in [1.54, 1.807) is 17.0 Å². The van der Waals surface area contributed by atoms with Gasteiger partial charge in [-0.05, 0) is 67.0 Å². The molecule has 3 aromatic rings. The number of benzene rings is 2. The first kappa shape index (κ1) is 24.2. The number of rotatable bonds is 5. The second-order valence-corrected chi connectivity index (χ2v) is 10.5. The summed E-state index contributed by atoms with van der Waals surface area (Å²) in [5.74, 6) is 2.03. The van der Waals surface area contributed by atoms with Gasteiger partial charge in [-0.15, -0.1) is 0 Å². The lowest BCUT2D eigenvalue weighted by atomic mass is 9.77. The van der Waals surface area contributed by atoms with Gasteiger partial charge in [-0.1, -0.05) is 38.5 Å². The number of hydrogen-bond donors (Lipinski definition) is 1. The van der Waals surface area contributed by atoms with Crippen LogP contribution in [-0.2, 0) is 0 Å². The standard InChI is InChI=1S/C29H32FN5O/c1-17(2)27-32-28(34-33-27)25-15-23(18(3)13-24(25)20-5-4-6-20)29(36)35-12-11-22(30)14-26(35)21-9-7-19(16-31)8-10-21/h7-10,13,15,17,20,22,26H,4-6,11-12,14H2,1-3H3,(H,32,33,34). The van der Waals surface area contributed by atoms with Crippen LogP contribution in [0.2, 0.25) is 0 Å². The molecule has 1 aliphatic heterocycles. The number of carbonyl (C=O) groups is 1. The Morgan fingerprint density at radius 1 is 1.19 bits per heavy atom. The van der Waals surface area contributed by atoms with Crippen molar-refractivity contribution in [2.24, 2.45) is 0 Å². The Bertz CT molecular complexity index is 1300. The number of halogens is 1. The average molecular weight is 486 g/mol. The van der Waals surface area contributed by atoms with Crippen LogP contribution in [0.15, 0.2) is 36.4 Å². The number of likely N-dealkylation sites (tertiary alicyclic amines) is 1. The van der Waals surface area contributed by atoms with Crippen LogP contribution in [0, 0.1) is 18.3 Å². The van der Waals surface area contributed by atoms with Gasteiger partial charge in [0.15, 0.2) is 5.82 Å². The van der Waals surface area contributed by atoms with Gasteiger partial charge in [0, 0.05) is 30.0 Å². The SMILES string of the molecule is Cc1cc(C2CCC2)c(-c2n[nH]c(C(C)C)n2)cc1C(=O)N1CCC(F)CC1c1ccc(C#N)cc1. The van der Waals surface area contributed by atoms with Gasteiger partial charge in [0.2, 0.25) is 0 Å². The van der Waals surface area contributed by atoms with E-state index in [0.29, 0.717) is 35.8 Å². The molecule has 1 N–H and O–H groups in total. The summed E-state index contributed by atoms with van der Waals surface area (Å²) in [6.45, 7) is 6.47. The molecule has 2 aliphatic rings. The molecule has 1 aromatic heterocycles. The maximum Gasteiger partial charge on any atom is 0.254 e. The molecule has 7 heteroatoms. The number of amides is 1. The predicted octanol–water partition coefficient (Wildman–Crippen LogP) is 6.36. The molecule has 36 heavy (non-hydrogen) atoms. The van der Waals surface area contributed by atoms with E-state index in [1.165, 1.54) is 12.0 Å². The van der Waals surface area contributed by atoms with Crippen molar-refractivity contribution in [3.63, 3.8) is 0 Å². The van der Waals surface area contributed by atoms with Gasteiger partial charge >= 0.3 is 0 Å². The molecule has 2 atom stereocenters. The number of aryl methyl sites for hydroxylation is 1. The van der Waals surface area contributed by atoms with Gasteiger partial charge in [0.25, 0.3) is 5.91 Å². The lowest BCUT2D eigenvalue weighted by molar-refractivity contribution is 0.0502. The molecule has 2 aromatic carbocycles. The second-order valence-electron chi connectivity index (χ2n) is 10.5. The van der Waals surface area contributed by atoms with Crippen molar-refractivity contribution in [1.82, 2.24) is 20.1 Å². The Hall–Kier alpha value is -3.53. The Labute approximate surface area is 211 Å². The van der Waals surface area contributed by atoms with E-state index in [2.05, 4.69) is 36.2 Å². The normalized spacial score (nSPS) is 20.3. The Kier molecular flexibility index (Phi) is 6.61. The van der Waals surface area contributed by atoms with Crippen LogP contribution in [0.3, 0.4) is 0 Å². The number of piperidine rings is 1. The topological polar surface area (TPSA) is 85.7 Å². The number of alkyl halides is 1. The molecular weight excluding hydrogens is 453 g/mol. The minimum atomic E-state index is -0.963. The van der Waals surface area contributed by atoms with Crippen molar-refractivity contribution < 1.29 is 9.18 Å². The molecule has 0 spiro atoms. The zero-order chi connectivity index (χ0) is 25.4. The Balaban J connectivity index is 1.54. The first-order valence-corrected chi connectivity index (χ1v) is 12.9. The second kappa shape index (κ2) is 9.85. The number of nitrogens with one attached hydrogen (secondary N) is 1. The monoisotopic (exact) mass is 485 g/mol. The van der Waals surface area contributed by atoms with Crippen molar-refractivity contribution >= 4 is 5.91 Å². The molecule has 1 saturated carbocycles. The van der Waals surface area contributed by atoms with E-state index in [1.807, 2.05) is 25.1 Å². The number of aromatic amines is 1. The lowest BCUT2D eigenvalue weighted by Crippen LogP contribution is -2.42. The van der Waals surface area contributed by atoms with Crippen LogP contribution in [0.1, 0.15) is 102 Å². The maximum atomic E-state index is 14.5. The molecule has 2 unspecified atom stereocenters. The van der Waals surface area contributed by atoms with Crippen LogP contribution >= 0.6 is 0 Å². The van der Waals surface area contributed by atoms with E-state index in [9.17, 15) is 9.18 Å². The van der Waals surface area contributed by atoms with E-state index in [-0.39, 0.29) is 24.3 Å². The smallest absolute Gasteiger partial charge is 0.254 e. The molecule has 2 fully saturated rings. The van der Waals surface area contributed by atoms with Crippen molar-refractivity contribution in [2.75, 3.05) is 6.54 Å². The summed E-state index contributed by atoms with van der Waals surface area (Å²) in [5.41, 5.74) is 5.04. The highest BCUT2D eigenvalue weighted by Gasteiger charge is 2.35. The van der Waals surface area contributed by atoms with E-state index in [0.717, 1.165) is 35.4 Å². The molecule has 186 valence electrons. The summed E-state index contributed by atoms with van der Waals surface area (Å²) in [6.07, 6.45) is 3.08. The van der Waals surface area contributed by atoms with E-state index in [4.69, 9.17) is 10.2 Å². The molecule has 6 nitrogen and oxygen atoms in total. The largest absolute Gasteiger partial charge is 0.331 e. The number of nitrogens with zero attached hydrogens (tertiary/aromatic N) is 4. The Morgan fingerprint density at radius 2 is 1.94 bits per heavy atom. The molecule has 0 radical (unpaired) electrons. The Morgan fingerprint density at radius 3 is 2.56 bits per heavy atom. The van der Waals surface area contributed by atoms with Gasteiger partial charge < -0.3 is 4.90 Å². The van der Waals surface area contributed by atoms with E-state index < -0.39 is 6.17 Å². The molecular formula is C29H32FN5O. The lowest BCUT2D eigenvalue weighted by Gasteiger charge is -2.38. The van der Waals surface area contributed by atoms with Crippen molar-refractivity contribution in [1.29, 1.82) is 5.26 Å². The third-order valence-electron chi connectivity index (χ3n) is 7.69. The number of aromatic nitrogens is 3. The van der Waals surface area contributed by atoms with Gasteiger partial charge in [-0.2, -0.15) is 10.4 Å². The maximum absolute atomic E-state index is 14.5. The minimum Gasteiger partial charge on any atom is -0.331 e. The van der Waals surface area contributed by atoms with Crippen molar-refractivity contribution in [3.8, 4) is 17.5 Å². The van der Waals surface area contributed by atoms with Crippen molar-refractivity contribution in [3.05, 3.63) is 70.0 Å². The fourth-order valence-corrected chi connectivity index (χ4v) is 5.28. The van der Waals surface area contributed by atoms with Crippen LogP contribution in [-0.4, -0.2) is 38.7 Å². The molecule has 1 saturated heterocycles. The average Bonchev–Trinajstić information content (AvgIpc) is 3.33. The summed E-state index contributed by atoms with van der Waals surface area (Å²) < 4.78 is 14.5. The number of hydrogen-bond acceptors (Lipinski definition) is 4. The number of carbonyl (C=O) groups excluding carboxylic acids is 1. The van der Waals surface area contributed by atoms with E-state index >= 15 is 0 Å². The highest BCUT2D eigenvalue weighted by Crippen LogP contribution is 2.42. The molecule has 1 amide bonds. The van der Waals surface area contributed by atoms with Crippen LogP contribution in [0.5, 0.6) is 0 Å². The highest BCUT2D eigenvalue weighted by molar-refractivity contribution is 5.97. The quantitative estimate of drug-likeness (QED) is 0.456. The highest BCUT2D eigenvalue weighted by atomic mass is 19.1. The fraction of sp³-hybridized carbons (Fsp3) is 0.448. The summed E-state index contributed by atoms with van der Waals surface area (Å²) >= 11 is 0. The van der Waals surface area contributed by atoms with Crippen LogP contribution in [0.25, 0.3) is 11.4 Å². The van der Waals surface area contributed by atoms with Crippen LogP contribution in [0.4, 0.5) is 4.39 Å². The number of H-pyrrole nitrogens is 1. The molecule has 5 rings (SSSR count). The minimum absolute atomic E-state index is 0.102. The molecule has 0 bridgehead atoms. The van der Waals surface area contributed by atoms with Gasteiger partial charge in [-0.3, -0.25) is 9.89 Å². The summed E-state index contributed by atoms with van der Waals surface area (Å²) in [4.78, 5) is 20.5. The van der Waals surface area contributed by atoms with Crippen LogP contribution < -0.4 is 0 Å². The molecule has 1 aliphatic carbocycles. The zero-order valence-corrected chi connectivity index (χ0v) is 21.1. The zero-order valence-electron chi connectivity index (χ0n) is 21.1. The molecule has 2 heterocycles. The third kappa shape index (κ3) is 4.53. The van der Waals surface area contributed by atoms with Gasteiger partial charge in [0.05, 0.1) is 17.7 Å². The summed E-state index contributed by atoms with van der Waals surface area (Å²) in [6, 6.07) is 13.0. The first-order valence-electron chi connectivity index (χ1n) is 12.9. The first-order chi connectivity index (χ1) is 17.4. The summed E-state index contributed by atoms with van der Waals surface area (Å²) in [7, 11) is 0. The number of nitriles is 1. The fourth-order valence-electron chi connectivity index (χ4n) is 5.28. The summed E-state index contributed by atoms with van der Waals surface area (Å²) in [5, 5.41) is 16.7. The predicted molar refractivity (Wildman–Crippen MR) is 136 cm³/mol. The van der Waals surface area contributed by atoms with Gasteiger partial charge in [-0.25, -0.2) is 9.37 Å². The third-order valence-corrected chi connectivity index (χ3v) is 7.69.